The summed E-state index contributed by atoms with van der Waals surface area (Å²) in [5.41, 5.74) is 9.52. The Morgan fingerprint density at radius 3 is 2.07 bits per heavy atom. The Balaban J connectivity index is 3.03. The lowest BCUT2D eigenvalue weighted by molar-refractivity contribution is 0.471. The first kappa shape index (κ1) is 12.1. The Labute approximate surface area is 92.1 Å². The molecule has 84 valence electrons. The van der Waals surface area contributed by atoms with Gasteiger partial charge in [0.2, 0.25) is 0 Å². The molecule has 0 unspecified atom stereocenters. The summed E-state index contributed by atoms with van der Waals surface area (Å²) in [6, 6.07) is 3.64. The van der Waals surface area contributed by atoms with Gasteiger partial charge in [0.1, 0.15) is 5.75 Å². The second-order valence-electron chi connectivity index (χ2n) is 4.73. The maximum Gasteiger partial charge on any atom is 0.116 e. The van der Waals surface area contributed by atoms with E-state index in [9.17, 15) is 5.11 Å². The van der Waals surface area contributed by atoms with Gasteiger partial charge in [0, 0.05) is 6.04 Å². The van der Waals surface area contributed by atoms with Crippen molar-refractivity contribution in [3.63, 3.8) is 0 Å². The number of rotatable bonds is 3. The molecule has 0 saturated carbocycles. The average Bonchev–Trinajstić information content (AvgIpc) is 1.99. The molecule has 15 heavy (non-hydrogen) atoms. The Bertz CT molecular complexity index is 321. The summed E-state index contributed by atoms with van der Waals surface area (Å²) in [4.78, 5) is 0. The highest BCUT2D eigenvalue weighted by Crippen LogP contribution is 2.28. The first-order valence-corrected chi connectivity index (χ1v) is 5.47. The van der Waals surface area contributed by atoms with Crippen LogP contribution in [-0.4, -0.2) is 5.11 Å². The zero-order chi connectivity index (χ0) is 11.6. The Morgan fingerprint density at radius 1 is 1.20 bits per heavy atom. The first-order valence-electron chi connectivity index (χ1n) is 5.47. The zero-order valence-corrected chi connectivity index (χ0v) is 10.0. The zero-order valence-electron chi connectivity index (χ0n) is 10.0. The third-order valence-corrected chi connectivity index (χ3v) is 2.67. The van der Waals surface area contributed by atoms with Gasteiger partial charge in [-0.2, -0.15) is 0 Å². The molecule has 0 aliphatic rings. The van der Waals surface area contributed by atoms with Crippen molar-refractivity contribution in [2.24, 2.45) is 11.7 Å². The van der Waals surface area contributed by atoms with Crippen molar-refractivity contribution in [1.29, 1.82) is 0 Å². The standard InChI is InChI=1S/C13H21NO/c1-8(2)5-12(14)13-9(3)6-11(15)7-10(13)4/h6-8,12,15H,5,14H2,1-4H3/t12-/m1/s1. The fraction of sp³-hybridized carbons (Fsp3) is 0.538. The molecular weight excluding hydrogens is 186 g/mol. The highest BCUT2D eigenvalue weighted by atomic mass is 16.3. The summed E-state index contributed by atoms with van der Waals surface area (Å²) in [6.07, 6.45) is 0.979. The molecule has 1 aromatic rings. The van der Waals surface area contributed by atoms with Crippen LogP contribution in [0, 0.1) is 19.8 Å². The van der Waals surface area contributed by atoms with Crippen LogP contribution < -0.4 is 5.73 Å². The lowest BCUT2D eigenvalue weighted by atomic mass is 9.91. The fourth-order valence-corrected chi connectivity index (χ4v) is 2.16. The second kappa shape index (κ2) is 4.67. The van der Waals surface area contributed by atoms with Crippen LogP contribution in [0.25, 0.3) is 0 Å². The van der Waals surface area contributed by atoms with Crippen molar-refractivity contribution in [2.45, 2.75) is 40.2 Å². The summed E-state index contributed by atoms with van der Waals surface area (Å²) in [5, 5.41) is 9.44. The van der Waals surface area contributed by atoms with Crippen molar-refractivity contribution in [3.05, 3.63) is 28.8 Å². The number of phenolic OH excluding ortho intramolecular Hbond substituents is 1. The highest BCUT2D eigenvalue weighted by molar-refractivity contribution is 5.42. The van der Waals surface area contributed by atoms with E-state index in [0.29, 0.717) is 11.7 Å². The van der Waals surface area contributed by atoms with Crippen molar-refractivity contribution in [3.8, 4) is 5.75 Å². The molecule has 3 N–H and O–H groups in total. The Kier molecular flexibility index (Phi) is 3.75. The van der Waals surface area contributed by atoms with Gasteiger partial charge in [-0.1, -0.05) is 13.8 Å². The highest BCUT2D eigenvalue weighted by Gasteiger charge is 2.14. The van der Waals surface area contributed by atoms with Gasteiger partial charge in [-0.15, -0.1) is 0 Å². The van der Waals surface area contributed by atoms with Gasteiger partial charge in [-0.25, -0.2) is 0 Å². The minimum Gasteiger partial charge on any atom is -0.508 e. The normalized spacial score (nSPS) is 13.2. The van der Waals surface area contributed by atoms with Gasteiger partial charge < -0.3 is 10.8 Å². The molecule has 0 heterocycles. The van der Waals surface area contributed by atoms with E-state index in [1.807, 2.05) is 13.8 Å². The Morgan fingerprint density at radius 2 is 1.67 bits per heavy atom. The van der Waals surface area contributed by atoms with Crippen LogP contribution in [-0.2, 0) is 0 Å². The predicted octanol–water partition coefficient (Wildman–Crippen LogP) is 3.05. The molecule has 0 aliphatic carbocycles. The Hall–Kier alpha value is -1.02. The summed E-state index contributed by atoms with van der Waals surface area (Å²) < 4.78 is 0. The van der Waals surface area contributed by atoms with E-state index in [1.165, 1.54) is 5.56 Å². The molecule has 1 rings (SSSR count). The monoisotopic (exact) mass is 207 g/mol. The van der Waals surface area contributed by atoms with Gasteiger partial charge in [0.15, 0.2) is 0 Å². The van der Waals surface area contributed by atoms with Crippen molar-refractivity contribution >= 4 is 0 Å². The van der Waals surface area contributed by atoms with Crippen LogP contribution in [0.1, 0.15) is 43.0 Å². The lowest BCUT2D eigenvalue weighted by Gasteiger charge is -2.19. The van der Waals surface area contributed by atoms with Crippen LogP contribution in [0.2, 0.25) is 0 Å². The third kappa shape index (κ3) is 2.96. The van der Waals surface area contributed by atoms with Crippen LogP contribution in [0.5, 0.6) is 5.75 Å². The van der Waals surface area contributed by atoms with Crippen LogP contribution >= 0.6 is 0 Å². The molecule has 0 saturated heterocycles. The molecule has 2 heteroatoms. The maximum atomic E-state index is 9.44. The van der Waals surface area contributed by atoms with E-state index in [-0.39, 0.29) is 6.04 Å². The lowest BCUT2D eigenvalue weighted by Crippen LogP contribution is -2.15. The summed E-state index contributed by atoms with van der Waals surface area (Å²) >= 11 is 0. The number of hydrogen-bond donors (Lipinski definition) is 2. The van der Waals surface area contributed by atoms with E-state index in [0.717, 1.165) is 17.5 Å². The first-order chi connectivity index (χ1) is 6.91. The van der Waals surface area contributed by atoms with Crippen molar-refractivity contribution in [1.82, 2.24) is 0 Å². The summed E-state index contributed by atoms with van der Waals surface area (Å²) in [6.45, 7) is 8.35. The largest absolute Gasteiger partial charge is 0.508 e. The van der Waals surface area contributed by atoms with E-state index < -0.39 is 0 Å². The third-order valence-electron chi connectivity index (χ3n) is 2.67. The van der Waals surface area contributed by atoms with Gasteiger partial charge in [-0.05, 0) is 55.0 Å². The van der Waals surface area contributed by atoms with E-state index in [2.05, 4.69) is 13.8 Å². The van der Waals surface area contributed by atoms with Gasteiger partial charge in [0.05, 0.1) is 0 Å². The number of benzene rings is 1. The molecular formula is C13H21NO. The molecule has 0 amide bonds. The van der Waals surface area contributed by atoms with E-state index >= 15 is 0 Å². The summed E-state index contributed by atoms with van der Waals surface area (Å²) in [7, 11) is 0. The maximum absolute atomic E-state index is 9.44. The van der Waals surface area contributed by atoms with Crippen LogP contribution in [0.3, 0.4) is 0 Å². The van der Waals surface area contributed by atoms with E-state index in [4.69, 9.17) is 5.73 Å². The molecule has 0 bridgehead atoms. The predicted molar refractivity (Wildman–Crippen MR) is 64.0 cm³/mol. The molecule has 0 aliphatic heterocycles. The number of phenols is 1. The van der Waals surface area contributed by atoms with Gasteiger partial charge in [0.25, 0.3) is 0 Å². The molecule has 1 atom stereocenters. The SMILES string of the molecule is Cc1cc(O)cc(C)c1[C@H](N)CC(C)C. The average molecular weight is 207 g/mol. The van der Waals surface area contributed by atoms with Crippen molar-refractivity contribution < 1.29 is 5.11 Å². The quantitative estimate of drug-likeness (QED) is 0.800. The molecule has 2 nitrogen and oxygen atoms in total. The fourth-order valence-electron chi connectivity index (χ4n) is 2.16. The minimum absolute atomic E-state index is 0.0746. The van der Waals surface area contributed by atoms with Crippen LogP contribution in [0.15, 0.2) is 12.1 Å². The molecule has 0 fully saturated rings. The number of aromatic hydroxyl groups is 1. The molecule has 0 aromatic heterocycles. The smallest absolute Gasteiger partial charge is 0.116 e. The number of nitrogens with two attached hydrogens (primary N) is 1. The molecule has 0 spiro atoms. The topological polar surface area (TPSA) is 46.2 Å². The minimum atomic E-state index is 0.0746. The molecule has 1 aromatic carbocycles. The van der Waals surface area contributed by atoms with Gasteiger partial charge in [-0.3, -0.25) is 0 Å². The van der Waals surface area contributed by atoms with Crippen molar-refractivity contribution in [2.75, 3.05) is 0 Å². The second-order valence-corrected chi connectivity index (χ2v) is 4.73. The molecule has 0 radical (unpaired) electrons. The summed E-state index contributed by atoms with van der Waals surface area (Å²) in [5.74, 6) is 0.915. The van der Waals surface area contributed by atoms with E-state index in [1.54, 1.807) is 12.1 Å². The number of hydrogen-bond acceptors (Lipinski definition) is 2. The van der Waals surface area contributed by atoms with Gasteiger partial charge >= 0.3 is 0 Å². The number of aryl methyl sites for hydroxylation is 2. The van der Waals surface area contributed by atoms with Crippen LogP contribution in [0.4, 0.5) is 0 Å².